The maximum absolute atomic E-state index is 12.9. The van der Waals surface area contributed by atoms with E-state index in [1.165, 1.54) is 18.4 Å². The van der Waals surface area contributed by atoms with Crippen LogP contribution in [0.15, 0.2) is 24.3 Å². The number of nitrogens with one attached hydrogen (secondary N) is 1. The van der Waals surface area contributed by atoms with E-state index in [2.05, 4.69) is 12.2 Å². The topological polar surface area (TPSA) is 21.3 Å². The molecule has 19 heavy (non-hydrogen) atoms. The second-order valence-electron chi connectivity index (χ2n) is 5.30. The quantitative estimate of drug-likeness (QED) is 0.816. The highest BCUT2D eigenvalue weighted by Crippen LogP contribution is 2.19. The first-order valence-corrected chi connectivity index (χ1v) is 7.37. The summed E-state index contributed by atoms with van der Waals surface area (Å²) in [4.78, 5) is 0. The van der Waals surface area contributed by atoms with Gasteiger partial charge in [0.25, 0.3) is 0 Å². The van der Waals surface area contributed by atoms with Crippen molar-refractivity contribution in [2.75, 3.05) is 13.2 Å². The van der Waals surface area contributed by atoms with Gasteiger partial charge in [-0.2, -0.15) is 0 Å². The zero-order chi connectivity index (χ0) is 13.5. The van der Waals surface area contributed by atoms with Crippen molar-refractivity contribution in [2.24, 2.45) is 0 Å². The number of hydrogen-bond donors (Lipinski definition) is 1. The zero-order valence-electron chi connectivity index (χ0n) is 11.7. The summed E-state index contributed by atoms with van der Waals surface area (Å²) in [7, 11) is 0. The summed E-state index contributed by atoms with van der Waals surface area (Å²) in [5, 5.41) is 3.52. The summed E-state index contributed by atoms with van der Waals surface area (Å²) >= 11 is 0. The lowest BCUT2D eigenvalue weighted by molar-refractivity contribution is 0.0996. The molecular weight excluding hydrogens is 241 g/mol. The van der Waals surface area contributed by atoms with Gasteiger partial charge in [0.2, 0.25) is 0 Å². The van der Waals surface area contributed by atoms with Gasteiger partial charge < -0.3 is 10.1 Å². The highest BCUT2D eigenvalue weighted by Gasteiger charge is 2.17. The van der Waals surface area contributed by atoms with Crippen molar-refractivity contribution in [3.8, 4) is 0 Å². The number of benzene rings is 1. The molecular formula is C16H24FNO. The van der Waals surface area contributed by atoms with Crippen molar-refractivity contribution in [2.45, 2.75) is 51.2 Å². The van der Waals surface area contributed by atoms with E-state index in [0.717, 1.165) is 32.4 Å². The van der Waals surface area contributed by atoms with Gasteiger partial charge in [0.15, 0.2) is 0 Å². The minimum Gasteiger partial charge on any atom is -0.378 e. The summed E-state index contributed by atoms with van der Waals surface area (Å²) in [6.07, 6.45) is 6.06. The van der Waals surface area contributed by atoms with Gasteiger partial charge in [0, 0.05) is 12.6 Å². The number of ether oxygens (including phenoxy) is 1. The van der Waals surface area contributed by atoms with Crippen molar-refractivity contribution in [1.82, 2.24) is 5.32 Å². The fraction of sp³-hybridized carbons (Fsp3) is 0.625. The van der Waals surface area contributed by atoms with E-state index < -0.39 is 0 Å². The standard InChI is InChI=1S/C16H24FNO/c1-2-18-15(9-10-16-4-3-11-19-16)12-13-5-7-14(17)8-6-13/h5-8,15-16,18H,2-4,9-12H2,1H3. The van der Waals surface area contributed by atoms with Crippen LogP contribution in [-0.2, 0) is 11.2 Å². The Hall–Kier alpha value is -0.930. The summed E-state index contributed by atoms with van der Waals surface area (Å²) in [5.74, 6) is -0.164. The van der Waals surface area contributed by atoms with E-state index in [4.69, 9.17) is 4.74 Å². The lowest BCUT2D eigenvalue weighted by atomic mass is 9.99. The number of hydrogen-bond acceptors (Lipinski definition) is 2. The summed E-state index contributed by atoms with van der Waals surface area (Å²) in [6, 6.07) is 7.30. The van der Waals surface area contributed by atoms with Gasteiger partial charge in [-0.25, -0.2) is 4.39 Å². The van der Waals surface area contributed by atoms with Crippen molar-refractivity contribution in [3.05, 3.63) is 35.6 Å². The molecule has 0 amide bonds. The minimum absolute atomic E-state index is 0.164. The molecule has 2 rings (SSSR count). The van der Waals surface area contributed by atoms with Gasteiger partial charge in [-0.3, -0.25) is 0 Å². The smallest absolute Gasteiger partial charge is 0.123 e. The van der Waals surface area contributed by atoms with Crippen molar-refractivity contribution in [1.29, 1.82) is 0 Å². The Bertz CT molecular complexity index is 360. The van der Waals surface area contributed by atoms with Crippen molar-refractivity contribution >= 4 is 0 Å². The molecule has 3 heteroatoms. The van der Waals surface area contributed by atoms with Crippen LogP contribution in [0.4, 0.5) is 4.39 Å². The maximum atomic E-state index is 12.9. The molecule has 0 saturated carbocycles. The van der Waals surface area contributed by atoms with Crippen LogP contribution in [0.3, 0.4) is 0 Å². The van der Waals surface area contributed by atoms with Crippen LogP contribution in [0.25, 0.3) is 0 Å². The highest BCUT2D eigenvalue weighted by molar-refractivity contribution is 5.17. The number of likely N-dealkylation sites (N-methyl/N-ethyl adjacent to an activating group) is 1. The molecule has 0 aromatic heterocycles. The summed E-state index contributed by atoms with van der Waals surface area (Å²) in [5.41, 5.74) is 1.19. The van der Waals surface area contributed by atoms with Crippen LogP contribution in [0.5, 0.6) is 0 Å². The molecule has 1 saturated heterocycles. The molecule has 0 aliphatic carbocycles. The van der Waals surface area contributed by atoms with Gasteiger partial charge in [-0.15, -0.1) is 0 Å². The van der Waals surface area contributed by atoms with Crippen LogP contribution in [0.1, 0.15) is 38.2 Å². The molecule has 1 aromatic rings. The fourth-order valence-corrected chi connectivity index (χ4v) is 2.73. The highest BCUT2D eigenvalue weighted by atomic mass is 19.1. The largest absolute Gasteiger partial charge is 0.378 e. The van der Waals surface area contributed by atoms with Gasteiger partial charge in [0.05, 0.1) is 6.10 Å². The normalized spacial score (nSPS) is 20.6. The second-order valence-corrected chi connectivity index (χ2v) is 5.30. The summed E-state index contributed by atoms with van der Waals surface area (Å²) in [6.45, 7) is 4.02. The molecule has 1 aliphatic rings. The molecule has 0 radical (unpaired) electrons. The van der Waals surface area contributed by atoms with Crippen LogP contribution in [0, 0.1) is 5.82 Å². The molecule has 0 bridgehead atoms. The Labute approximate surface area is 115 Å². The van der Waals surface area contributed by atoms with E-state index in [1.807, 2.05) is 12.1 Å². The monoisotopic (exact) mass is 265 g/mol. The Balaban J connectivity index is 1.82. The average Bonchev–Trinajstić information content (AvgIpc) is 2.92. The Morgan fingerprint density at radius 3 is 2.79 bits per heavy atom. The lowest BCUT2D eigenvalue weighted by Crippen LogP contribution is -2.32. The molecule has 1 N–H and O–H groups in total. The second kappa shape index (κ2) is 7.61. The van der Waals surface area contributed by atoms with Crippen molar-refractivity contribution < 1.29 is 9.13 Å². The number of halogens is 1. The summed E-state index contributed by atoms with van der Waals surface area (Å²) < 4.78 is 18.6. The molecule has 106 valence electrons. The van der Waals surface area contributed by atoms with E-state index in [9.17, 15) is 4.39 Å². The minimum atomic E-state index is -0.164. The molecule has 2 atom stereocenters. The molecule has 1 fully saturated rings. The van der Waals surface area contributed by atoms with Gasteiger partial charge in [0.1, 0.15) is 5.82 Å². The van der Waals surface area contributed by atoms with Crippen LogP contribution >= 0.6 is 0 Å². The van der Waals surface area contributed by atoms with Crippen molar-refractivity contribution in [3.63, 3.8) is 0 Å². The predicted octanol–water partition coefficient (Wildman–Crippen LogP) is 3.31. The van der Waals surface area contributed by atoms with E-state index in [-0.39, 0.29) is 5.82 Å². The molecule has 1 aromatic carbocycles. The first-order valence-electron chi connectivity index (χ1n) is 7.37. The average molecular weight is 265 g/mol. The maximum Gasteiger partial charge on any atom is 0.123 e. The Kier molecular flexibility index (Phi) is 5.80. The molecule has 2 nitrogen and oxygen atoms in total. The van der Waals surface area contributed by atoms with Gasteiger partial charge in [-0.05, 0) is 56.3 Å². The fourth-order valence-electron chi connectivity index (χ4n) is 2.73. The first-order chi connectivity index (χ1) is 9.28. The van der Waals surface area contributed by atoms with E-state index >= 15 is 0 Å². The molecule has 0 spiro atoms. The molecule has 2 unspecified atom stereocenters. The third-order valence-corrected chi connectivity index (χ3v) is 3.75. The third kappa shape index (κ3) is 4.92. The Morgan fingerprint density at radius 2 is 2.16 bits per heavy atom. The van der Waals surface area contributed by atoms with E-state index in [0.29, 0.717) is 12.1 Å². The van der Waals surface area contributed by atoms with E-state index in [1.54, 1.807) is 12.1 Å². The van der Waals surface area contributed by atoms with Gasteiger partial charge >= 0.3 is 0 Å². The van der Waals surface area contributed by atoms with Crippen LogP contribution in [0.2, 0.25) is 0 Å². The first kappa shape index (κ1) is 14.5. The SMILES string of the molecule is CCNC(CCC1CCCO1)Cc1ccc(F)cc1. The van der Waals surface area contributed by atoms with Crippen LogP contribution in [-0.4, -0.2) is 25.3 Å². The molecule has 1 heterocycles. The number of rotatable bonds is 7. The zero-order valence-corrected chi connectivity index (χ0v) is 11.7. The molecule has 1 aliphatic heterocycles. The van der Waals surface area contributed by atoms with Gasteiger partial charge in [-0.1, -0.05) is 19.1 Å². The lowest BCUT2D eigenvalue weighted by Gasteiger charge is -2.19. The third-order valence-electron chi connectivity index (χ3n) is 3.75. The van der Waals surface area contributed by atoms with Crippen LogP contribution < -0.4 is 5.32 Å². The Morgan fingerprint density at radius 1 is 1.37 bits per heavy atom. The predicted molar refractivity (Wildman–Crippen MR) is 75.8 cm³/mol.